The van der Waals surface area contributed by atoms with Crippen molar-refractivity contribution in [3.8, 4) is 0 Å². The summed E-state index contributed by atoms with van der Waals surface area (Å²) in [6.45, 7) is 19.7. The molecule has 0 spiro atoms. The Morgan fingerprint density at radius 1 is 1.05 bits per heavy atom. The third-order valence-corrected chi connectivity index (χ3v) is 5.68. The molecular weight excluding hydrogens is 266 g/mol. The number of rotatable bonds is 2. The molecule has 1 aliphatic heterocycles. The summed E-state index contributed by atoms with van der Waals surface area (Å²) < 4.78 is 0. The second-order valence-electron chi connectivity index (χ2n) is 7.79. The Bertz CT molecular complexity index is 605. The third-order valence-electron chi connectivity index (χ3n) is 5.68. The molecule has 0 bridgehead atoms. The zero-order chi connectivity index (χ0) is 16.8. The van der Waals surface area contributed by atoms with E-state index in [1.165, 1.54) is 28.0 Å². The zero-order valence-electron chi connectivity index (χ0n) is 16.0. The molecule has 1 nitrogen and oxygen atoms in total. The van der Waals surface area contributed by atoms with Crippen molar-refractivity contribution in [3.05, 3.63) is 39.6 Å². The molecule has 2 rings (SSSR count). The van der Waals surface area contributed by atoms with E-state index in [4.69, 9.17) is 0 Å². The Labute approximate surface area is 137 Å². The molecule has 0 N–H and O–H groups in total. The van der Waals surface area contributed by atoms with Crippen LogP contribution in [0.4, 0.5) is 0 Å². The molecule has 1 aromatic rings. The van der Waals surface area contributed by atoms with Crippen LogP contribution in [0.15, 0.2) is 11.8 Å². The highest BCUT2D eigenvalue weighted by atomic mass is 15.1. The van der Waals surface area contributed by atoms with Crippen LogP contribution in [0.1, 0.15) is 81.2 Å². The summed E-state index contributed by atoms with van der Waals surface area (Å²) in [6.07, 6.45) is 0. The molecule has 0 amide bonds. The predicted molar refractivity (Wildman–Crippen MR) is 98.5 cm³/mol. The molecule has 1 heterocycles. The standard InChI is InChI=1S/C21H33N/c1-12(2)18-10-14(5)15(6)20-16(7)17(8)22(9)11-19(13(3)4)21(18)20/h10,12-13,19H,11H2,1-9H3. The summed E-state index contributed by atoms with van der Waals surface area (Å²) in [5, 5.41) is 0. The van der Waals surface area contributed by atoms with Crippen LogP contribution in [0, 0.1) is 19.8 Å². The van der Waals surface area contributed by atoms with Crippen molar-refractivity contribution >= 4 is 5.57 Å². The summed E-state index contributed by atoms with van der Waals surface area (Å²) >= 11 is 0. The lowest BCUT2D eigenvalue weighted by Crippen LogP contribution is -2.25. The quantitative estimate of drug-likeness (QED) is 0.661. The van der Waals surface area contributed by atoms with Crippen LogP contribution < -0.4 is 0 Å². The van der Waals surface area contributed by atoms with Crippen LogP contribution in [0.3, 0.4) is 0 Å². The first kappa shape index (κ1) is 17.1. The molecule has 0 aromatic heterocycles. The molecule has 1 heteroatoms. The fourth-order valence-corrected chi connectivity index (χ4v) is 3.86. The smallest absolute Gasteiger partial charge is 0.0243 e. The Hall–Kier alpha value is -1.24. The SMILES string of the molecule is CC1=C(C)N(C)CC(C(C)C)c2c(C(C)C)cc(C)c(C)c21. The van der Waals surface area contributed by atoms with Crippen LogP contribution in [0.2, 0.25) is 0 Å². The average molecular weight is 300 g/mol. The molecule has 0 saturated heterocycles. The molecule has 1 aliphatic rings. The summed E-state index contributed by atoms with van der Waals surface area (Å²) in [6, 6.07) is 2.45. The van der Waals surface area contributed by atoms with Crippen LogP contribution in [0.25, 0.3) is 5.57 Å². The highest BCUT2D eigenvalue weighted by Crippen LogP contribution is 2.43. The van der Waals surface area contributed by atoms with Crippen molar-refractivity contribution < 1.29 is 0 Å². The van der Waals surface area contributed by atoms with E-state index >= 15 is 0 Å². The lowest BCUT2D eigenvalue weighted by Gasteiger charge is -2.30. The molecule has 122 valence electrons. The summed E-state index contributed by atoms with van der Waals surface area (Å²) in [7, 11) is 2.25. The van der Waals surface area contributed by atoms with E-state index in [2.05, 4.69) is 73.4 Å². The third kappa shape index (κ3) is 2.71. The van der Waals surface area contributed by atoms with E-state index in [0.717, 1.165) is 6.54 Å². The van der Waals surface area contributed by atoms with Gasteiger partial charge < -0.3 is 4.90 Å². The van der Waals surface area contributed by atoms with Crippen LogP contribution >= 0.6 is 0 Å². The average Bonchev–Trinajstić information content (AvgIpc) is 2.53. The molecule has 0 radical (unpaired) electrons. The van der Waals surface area contributed by atoms with Gasteiger partial charge in [0.15, 0.2) is 0 Å². The number of hydrogen-bond donors (Lipinski definition) is 0. The number of likely N-dealkylation sites (N-methyl/N-ethyl adjacent to an activating group) is 1. The van der Waals surface area contributed by atoms with Crippen molar-refractivity contribution in [2.24, 2.45) is 5.92 Å². The van der Waals surface area contributed by atoms with Crippen LogP contribution in [0.5, 0.6) is 0 Å². The molecule has 0 aliphatic carbocycles. The van der Waals surface area contributed by atoms with Crippen LogP contribution in [-0.2, 0) is 0 Å². The number of hydrogen-bond acceptors (Lipinski definition) is 1. The molecule has 0 fully saturated rings. The lowest BCUT2D eigenvalue weighted by atomic mass is 9.76. The fourth-order valence-electron chi connectivity index (χ4n) is 3.86. The first-order chi connectivity index (χ1) is 10.2. The van der Waals surface area contributed by atoms with E-state index in [0.29, 0.717) is 17.8 Å². The van der Waals surface area contributed by atoms with Gasteiger partial charge in [-0.2, -0.15) is 0 Å². The Morgan fingerprint density at radius 3 is 2.14 bits per heavy atom. The monoisotopic (exact) mass is 299 g/mol. The first-order valence-electron chi connectivity index (χ1n) is 8.69. The van der Waals surface area contributed by atoms with Crippen molar-refractivity contribution in [2.75, 3.05) is 13.6 Å². The van der Waals surface area contributed by atoms with Gasteiger partial charge in [0.05, 0.1) is 0 Å². The largest absolute Gasteiger partial charge is 0.377 e. The van der Waals surface area contributed by atoms with Crippen molar-refractivity contribution in [1.82, 2.24) is 4.90 Å². The highest BCUT2D eigenvalue weighted by molar-refractivity contribution is 5.75. The molecule has 0 saturated carbocycles. The van der Waals surface area contributed by atoms with Crippen molar-refractivity contribution in [3.63, 3.8) is 0 Å². The summed E-state index contributed by atoms with van der Waals surface area (Å²) in [4.78, 5) is 2.46. The van der Waals surface area contributed by atoms with Gasteiger partial charge in [-0.3, -0.25) is 0 Å². The highest BCUT2D eigenvalue weighted by Gasteiger charge is 2.30. The van der Waals surface area contributed by atoms with Gasteiger partial charge in [0.25, 0.3) is 0 Å². The minimum absolute atomic E-state index is 0.575. The minimum atomic E-state index is 0.575. The fraction of sp³-hybridized carbons (Fsp3) is 0.619. The van der Waals surface area contributed by atoms with Crippen molar-refractivity contribution in [2.45, 2.75) is 67.2 Å². The summed E-state index contributed by atoms with van der Waals surface area (Å²) in [5.41, 5.74) is 10.5. The topological polar surface area (TPSA) is 3.24 Å². The number of fused-ring (bicyclic) bond motifs is 1. The van der Waals surface area contributed by atoms with E-state index < -0.39 is 0 Å². The Kier molecular flexibility index (Phi) is 4.75. The number of nitrogens with zero attached hydrogens (tertiary/aromatic N) is 1. The van der Waals surface area contributed by atoms with Gasteiger partial charge in [-0.15, -0.1) is 0 Å². The zero-order valence-corrected chi connectivity index (χ0v) is 16.0. The maximum absolute atomic E-state index is 2.46. The second-order valence-corrected chi connectivity index (χ2v) is 7.79. The number of aryl methyl sites for hydroxylation is 1. The van der Waals surface area contributed by atoms with Gasteiger partial charge in [0.1, 0.15) is 0 Å². The van der Waals surface area contributed by atoms with Gasteiger partial charge in [-0.05, 0) is 72.9 Å². The maximum atomic E-state index is 2.46. The maximum Gasteiger partial charge on any atom is 0.0243 e. The molecule has 1 aromatic carbocycles. The Morgan fingerprint density at radius 2 is 1.64 bits per heavy atom. The number of allylic oxidation sites excluding steroid dienone is 2. The Balaban J connectivity index is 2.90. The minimum Gasteiger partial charge on any atom is -0.377 e. The molecule has 1 atom stereocenters. The molecule has 22 heavy (non-hydrogen) atoms. The van der Waals surface area contributed by atoms with Crippen LogP contribution in [-0.4, -0.2) is 18.5 Å². The lowest BCUT2D eigenvalue weighted by molar-refractivity contribution is 0.341. The van der Waals surface area contributed by atoms with Gasteiger partial charge in [-0.1, -0.05) is 33.8 Å². The van der Waals surface area contributed by atoms with Gasteiger partial charge in [-0.25, -0.2) is 0 Å². The normalized spacial score (nSPS) is 19.0. The van der Waals surface area contributed by atoms with E-state index in [1.54, 1.807) is 11.1 Å². The summed E-state index contributed by atoms with van der Waals surface area (Å²) in [5.74, 6) is 1.83. The van der Waals surface area contributed by atoms with Gasteiger partial charge in [0.2, 0.25) is 0 Å². The van der Waals surface area contributed by atoms with Crippen molar-refractivity contribution in [1.29, 1.82) is 0 Å². The van der Waals surface area contributed by atoms with E-state index in [9.17, 15) is 0 Å². The van der Waals surface area contributed by atoms with E-state index in [1.807, 2.05) is 0 Å². The second kappa shape index (κ2) is 6.10. The van der Waals surface area contributed by atoms with E-state index in [-0.39, 0.29) is 0 Å². The predicted octanol–water partition coefficient (Wildman–Crippen LogP) is 5.86. The number of benzene rings is 1. The van der Waals surface area contributed by atoms with Gasteiger partial charge in [0, 0.05) is 25.2 Å². The van der Waals surface area contributed by atoms with Gasteiger partial charge >= 0.3 is 0 Å². The molecule has 1 unspecified atom stereocenters. The molecular formula is C21H33N. The first-order valence-corrected chi connectivity index (χ1v) is 8.69.